The first-order chi connectivity index (χ1) is 15.8. The molecule has 1 amide bonds. The number of rotatable bonds is 7. The molecule has 0 saturated heterocycles. The molecule has 2 aromatic carbocycles. The number of pyridine rings is 1. The molecule has 2 aromatic heterocycles. The van der Waals surface area contributed by atoms with Crippen molar-refractivity contribution in [3.8, 4) is 22.8 Å². The molecule has 8 heteroatoms. The molecule has 0 aliphatic carbocycles. The van der Waals surface area contributed by atoms with E-state index in [9.17, 15) is 9.18 Å². The van der Waals surface area contributed by atoms with Crippen molar-refractivity contribution in [1.29, 1.82) is 0 Å². The van der Waals surface area contributed by atoms with Gasteiger partial charge in [-0.05, 0) is 56.2 Å². The fraction of sp³-hybridized carbons (Fsp3) is 0.200. The van der Waals surface area contributed by atoms with Crippen LogP contribution in [0.1, 0.15) is 16.7 Å². The summed E-state index contributed by atoms with van der Waals surface area (Å²) in [6, 6.07) is 12.3. The molecule has 0 fully saturated rings. The molecule has 0 unspecified atom stereocenters. The highest BCUT2D eigenvalue weighted by molar-refractivity contribution is 5.87. The second kappa shape index (κ2) is 8.82. The number of nitrogens with zero attached hydrogens (tertiary/aromatic N) is 2. The summed E-state index contributed by atoms with van der Waals surface area (Å²) < 4.78 is 27.1. The summed E-state index contributed by atoms with van der Waals surface area (Å²) in [5, 5.41) is 3.46. The molecule has 0 atom stereocenters. The number of nitrogens with two attached hydrogens (primary N) is 1. The summed E-state index contributed by atoms with van der Waals surface area (Å²) in [5.41, 5.74) is 10.9. The van der Waals surface area contributed by atoms with Gasteiger partial charge in [-0.25, -0.2) is 9.37 Å². The van der Waals surface area contributed by atoms with E-state index in [0.717, 1.165) is 22.4 Å². The number of hydrogen-bond donors (Lipinski definition) is 2. The average Bonchev–Trinajstić information content (AvgIpc) is 3.11. The number of imidazole rings is 1. The number of aryl methyl sites for hydroxylation is 3. The highest BCUT2D eigenvalue weighted by Crippen LogP contribution is 2.43. The Morgan fingerprint density at radius 3 is 2.48 bits per heavy atom. The van der Waals surface area contributed by atoms with E-state index < -0.39 is 11.7 Å². The van der Waals surface area contributed by atoms with E-state index in [1.165, 1.54) is 19.4 Å². The van der Waals surface area contributed by atoms with Crippen molar-refractivity contribution in [1.82, 2.24) is 9.38 Å². The van der Waals surface area contributed by atoms with Crippen LogP contribution in [0.3, 0.4) is 0 Å². The molecule has 7 nitrogen and oxygen atoms in total. The number of methoxy groups -OCH3 is 1. The van der Waals surface area contributed by atoms with Gasteiger partial charge in [0.1, 0.15) is 34.5 Å². The number of amides is 1. The third-order valence-electron chi connectivity index (χ3n) is 5.32. The zero-order valence-electron chi connectivity index (χ0n) is 18.9. The highest BCUT2D eigenvalue weighted by Gasteiger charge is 2.23. The van der Waals surface area contributed by atoms with Crippen LogP contribution in [0, 0.1) is 26.6 Å². The van der Waals surface area contributed by atoms with Crippen LogP contribution in [0.5, 0.6) is 11.5 Å². The van der Waals surface area contributed by atoms with Crippen LogP contribution in [0.4, 0.5) is 15.9 Å². The minimum Gasteiger partial charge on any atom is -0.496 e. The maximum Gasteiger partial charge on any atom is 0.255 e. The number of carbonyl (C=O) groups is 1. The summed E-state index contributed by atoms with van der Waals surface area (Å²) >= 11 is 0. The molecule has 170 valence electrons. The first-order valence-electron chi connectivity index (χ1n) is 10.4. The minimum absolute atomic E-state index is 0.304. The Bertz CT molecular complexity index is 1340. The van der Waals surface area contributed by atoms with Crippen LogP contribution in [0.2, 0.25) is 0 Å². The van der Waals surface area contributed by atoms with Crippen LogP contribution >= 0.6 is 0 Å². The molecule has 0 aliphatic rings. The summed E-state index contributed by atoms with van der Waals surface area (Å²) in [4.78, 5) is 16.1. The Morgan fingerprint density at radius 1 is 1.12 bits per heavy atom. The normalized spacial score (nSPS) is 10.9. The Hall–Kier alpha value is -4.07. The number of nitrogens with one attached hydrogen (secondary N) is 1. The van der Waals surface area contributed by atoms with Gasteiger partial charge in [-0.2, -0.15) is 0 Å². The molecule has 0 radical (unpaired) electrons. The first kappa shape index (κ1) is 22.1. The third-order valence-corrected chi connectivity index (χ3v) is 5.32. The van der Waals surface area contributed by atoms with Gasteiger partial charge < -0.3 is 20.5 Å². The van der Waals surface area contributed by atoms with E-state index in [2.05, 4.69) is 17.4 Å². The molecule has 0 saturated carbocycles. The van der Waals surface area contributed by atoms with Crippen molar-refractivity contribution in [3.63, 3.8) is 0 Å². The summed E-state index contributed by atoms with van der Waals surface area (Å²) in [7, 11) is 1.54. The van der Waals surface area contributed by atoms with E-state index in [4.69, 9.17) is 20.2 Å². The van der Waals surface area contributed by atoms with Crippen molar-refractivity contribution in [2.75, 3.05) is 19.0 Å². The van der Waals surface area contributed by atoms with E-state index in [0.29, 0.717) is 34.2 Å². The number of primary amides is 1. The van der Waals surface area contributed by atoms with E-state index in [1.807, 2.05) is 20.8 Å². The molecule has 0 spiro atoms. The topological polar surface area (TPSA) is 90.9 Å². The molecule has 4 aromatic rings. The number of fused-ring (bicyclic) bond motifs is 1. The van der Waals surface area contributed by atoms with Crippen LogP contribution in [-0.2, 0) is 4.79 Å². The molecule has 0 aliphatic heterocycles. The highest BCUT2D eigenvalue weighted by atomic mass is 19.1. The molecule has 2 heterocycles. The van der Waals surface area contributed by atoms with Gasteiger partial charge >= 0.3 is 0 Å². The zero-order valence-corrected chi connectivity index (χ0v) is 18.9. The van der Waals surface area contributed by atoms with E-state index in [-0.39, 0.29) is 6.61 Å². The number of hydrogen-bond acceptors (Lipinski definition) is 5. The van der Waals surface area contributed by atoms with Crippen molar-refractivity contribution in [3.05, 3.63) is 71.2 Å². The van der Waals surface area contributed by atoms with Crippen LogP contribution in [-0.4, -0.2) is 29.0 Å². The van der Waals surface area contributed by atoms with Gasteiger partial charge in [-0.15, -0.1) is 0 Å². The number of anilines is 2. The van der Waals surface area contributed by atoms with Gasteiger partial charge in [0.25, 0.3) is 5.91 Å². The largest absolute Gasteiger partial charge is 0.496 e. The number of ether oxygens (including phenoxy) is 2. The Morgan fingerprint density at radius 2 is 1.82 bits per heavy atom. The predicted octanol–water partition coefficient (Wildman–Crippen LogP) is 4.68. The zero-order chi connectivity index (χ0) is 23.7. The van der Waals surface area contributed by atoms with Crippen LogP contribution in [0.25, 0.3) is 16.9 Å². The van der Waals surface area contributed by atoms with E-state index >= 15 is 0 Å². The second-order valence-corrected chi connectivity index (χ2v) is 7.87. The van der Waals surface area contributed by atoms with E-state index in [1.54, 1.807) is 28.7 Å². The number of carbonyl (C=O) groups excluding carboxylic acids is 1. The maximum absolute atomic E-state index is 14.2. The van der Waals surface area contributed by atoms with Gasteiger partial charge in [-0.1, -0.05) is 23.8 Å². The smallest absolute Gasteiger partial charge is 0.255 e. The molecule has 4 rings (SSSR count). The quantitative estimate of drug-likeness (QED) is 0.428. The third kappa shape index (κ3) is 4.32. The average molecular weight is 448 g/mol. The maximum atomic E-state index is 14.2. The van der Waals surface area contributed by atoms with Crippen molar-refractivity contribution in [2.24, 2.45) is 5.73 Å². The first-order valence-corrected chi connectivity index (χ1v) is 10.4. The number of halogens is 1. The fourth-order valence-corrected chi connectivity index (χ4v) is 3.99. The predicted molar refractivity (Wildman–Crippen MR) is 126 cm³/mol. The van der Waals surface area contributed by atoms with Crippen molar-refractivity contribution in [2.45, 2.75) is 20.8 Å². The lowest BCUT2D eigenvalue weighted by atomic mass is 10.0. The summed E-state index contributed by atoms with van der Waals surface area (Å²) in [6.45, 7) is 5.75. The monoisotopic (exact) mass is 448 g/mol. The standard InChI is InChI=1S/C25H25FN4O3/c1-14-10-15(2)23(16(3)11-14)29-25-24(28-21-9-8-17(26)12-30(21)25)22-18(32-4)6-5-7-19(22)33-13-20(27)31/h5-12,29H,13H2,1-4H3,(H2,27,31). The summed E-state index contributed by atoms with van der Waals surface area (Å²) in [6.07, 6.45) is 1.37. The Labute approximate surface area is 191 Å². The van der Waals surface area contributed by atoms with Crippen molar-refractivity contribution < 1.29 is 18.7 Å². The fourth-order valence-electron chi connectivity index (χ4n) is 3.99. The van der Waals surface area contributed by atoms with Gasteiger partial charge in [0, 0.05) is 11.9 Å². The summed E-state index contributed by atoms with van der Waals surface area (Å²) in [5.74, 6) is 0.383. The Balaban J connectivity index is 1.98. The minimum atomic E-state index is -0.606. The van der Waals surface area contributed by atoms with Gasteiger partial charge in [0.05, 0.1) is 12.7 Å². The molecule has 0 bridgehead atoms. The molecule has 33 heavy (non-hydrogen) atoms. The van der Waals surface area contributed by atoms with Crippen LogP contribution < -0.4 is 20.5 Å². The number of benzene rings is 2. The Kier molecular flexibility index (Phi) is 5.91. The van der Waals surface area contributed by atoms with Gasteiger partial charge in [0.15, 0.2) is 6.61 Å². The molecular weight excluding hydrogens is 423 g/mol. The SMILES string of the molecule is COc1cccc(OCC(N)=O)c1-c1nc2ccc(F)cn2c1Nc1c(C)cc(C)cc1C. The lowest BCUT2D eigenvalue weighted by Gasteiger charge is -2.17. The molecule has 3 N–H and O–H groups in total. The lowest BCUT2D eigenvalue weighted by molar-refractivity contribution is -0.119. The second-order valence-electron chi connectivity index (χ2n) is 7.87. The van der Waals surface area contributed by atoms with Gasteiger partial charge in [-0.3, -0.25) is 9.20 Å². The lowest BCUT2D eigenvalue weighted by Crippen LogP contribution is -2.20. The molecular formula is C25H25FN4O3. The number of aromatic nitrogens is 2. The van der Waals surface area contributed by atoms with Crippen molar-refractivity contribution >= 4 is 23.1 Å². The van der Waals surface area contributed by atoms with Crippen LogP contribution in [0.15, 0.2) is 48.7 Å². The van der Waals surface area contributed by atoms with Gasteiger partial charge in [0.2, 0.25) is 0 Å².